The molecule has 2 aliphatic rings. The van der Waals surface area contributed by atoms with Gasteiger partial charge in [0.25, 0.3) is 0 Å². The smallest absolute Gasteiger partial charge is 0.189 e. The maximum absolute atomic E-state index is 6.04. The number of ether oxygens (including phenoxy) is 2. The topological polar surface area (TPSA) is 68.9 Å². The molecule has 21 heavy (non-hydrogen) atoms. The van der Waals surface area contributed by atoms with E-state index in [0.717, 1.165) is 30.6 Å². The molecule has 1 unspecified atom stereocenters. The first-order valence-corrected chi connectivity index (χ1v) is 7.56. The molecule has 0 radical (unpaired) electrons. The van der Waals surface area contributed by atoms with Crippen LogP contribution in [0.25, 0.3) is 0 Å². The zero-order valence-electron chi connectivity index (χ0n) is 12.5. The third-order valence-corrected chi connectivity index (χ3v) is 4.52. The van der Waals surface area contributed by atoms with Crippen LogP contribution in [0.5, 0.6) is 5.75 Å². The predicted octanol–water partition coefficient (Wildman–Crippen LogP) is 1.98. The Bertz CT molecular complexity index is 520. The molecule has 114 valence electrons. The van der Waals surface area contributed by atoms with Crippen molar-refractivity contribution in [3.63, 3.8) is 0 Å². The van der Waals surface area contributed by atoms with Gasteiger partial charge in [0.15, 0.2) is 5.96 Å². The summed E-state index contributed by atoms with van der Waals surface area (Å²) in [4.78, 5) is 4.47. The molecule has 5 nitrogen and oxygen atoms in total. The maximum atomic E-state index is 6.04. The Kier molecular flexibility index (Phi) is 4.01. The van der Waals surface area contributed by atoms with Crippen molar-refractivity contribution in [3.05, 3.63) is 29.8 Å². The number of nitrogens with two attached hydrogens (primary N) is 1. The Labute approximate surface area is 125 Å². The van der Waals surface area contributed by atoms with Crippen molar-refractivity contribution in [1.29, 1.82) is 0 Å². The van der Waals surface area contributed by atoms with Crippen LogP contribution in [0.4, 0.5) is 0 Å². The molecule has 1 aliphatic heterocycles. The molecule has 1 aromatic carbocycles. The maximum Gasteiger partial charge on any atom is 0.189 e. The lowest BCUT2D eigenvalue weighted by atomic mass is 9.80. The SMILES string of the molecule is COC1(CN=C(N)NC2CCOc3ccccc32)CCC1. The summed E-state index contributed by atoms with van der Waals surface area (Å²) >= 11 is 0. The van der Waals surface area contributed by atoms with E-state index in [0.29, 0.717) is 19.1 Å². The highest BCUT2D eigenvalue weighted by Gasteiger charge is 2.36. The molecular formula is C16H23N3O2. The van der Waals surface area contributed by atoms with Crippen molar-refractivity contribution in [2.24, 2.45) is 10.7 Å². The van der Waals surface area contributed by atoms with Gasteiger partial charge >= 0.3 is 0 Å². The van der Waals surface area contributed by atoms with E-state index in [1.54, 1.807) is 7.11 Å². The number of benzene rings is 1. The molecule has 1 heterocycles. The lowest BCUT2D eigenvalue weighted by molar-refractivity contribution is -0.0630. The Hall–Kier alpha value is -1.75. The van der Waals surface area contributed by atoms with Gasteiger partial charge in [-0.2, -0.15) is 0 Å². The van der Waals surface area contributed by atoms with Gasteiger partial charge in [0.1, 0.15) is 5.75 Å². The van der Waals surface area contributed by atoms with Gasteiger partial charge in [-0.05, 0) is 25.3 Å². The highest BCUT2D eigenvalue weighted by atomic mass is 16.5. The van der Waals surface area contributed by atoms with Gasteiger partial charge in [0.2, 0.25) is 0 Å². The van der Waals surface area contributed by atoms with Crippen molar-refractivity contribution in [1.82, 2.24) is 5.32 Å². The van der Waals surface area contributed by atoms with E-state index in [-0.39, 0.29) is 11.6 Å². The first-order chi connectivity index (χ1) is 10.2. The fourth-order valence-corrected chi connectivity index (χ4v) is 2.94. The highest BCUT2D eigenvalue weighted by Crippen LogP contribution is 2.35. The van der Waals surface area contributed by atoms with E-state index >= 15 is 0 Å². The van der Waals surface area contributed by atoms with Gasteiger partial charge in [-0.1, -0.05) is 18.2 Å². The number of para-hydroxylation sites is 1. The minimum atomic E-state index is -0.0834. The number of nitrogens with one attached hydrogen (secondary N) is 1. The van der Waals surface area contributed by atoms with Gasteiger partial charge in [-0.25, -0.2) is 0 Å². The Morgan fingerprint density at radius 2 is 2.29 bits per heavy atom. The minimum Gasteiger partial charge on any atom is -0.493 e. The number of fused-ring (bicyclic) bond motifs is 1. The van der Waals surface area contributed by atoms with Crippen LogP contribution in [0.1, 0.15) is 37.3 Å². The molecule has 1 fully saturated rings. The second-order valence-corrected chi connectivity index (χ2v) is 5.81. The van der Waals surface area contributed by atoms with Crippen LogP contribution < -0.4 is 15.8 Å². The predicted molar refractivity (Wildman–Crippen MR) is 82.5 cm³/mol. The fourth-order valence-electron chi connectivity index (χ4n) is 2.94. The minimum absolute atomic E-state index is 0.0834. The van der Waals surface area contributed by atoms with Crippen molar-refractivity contribution >= 4 is 5.96 Å². The van der Waals surface area contributed by atoms with Crippen molar-refractivity contribution < 1.29 is 9.47 Å². The molecule has 1 aliphatic carbocycles. The van der Waals surface area contributed by atoms with Gasteiger partial charge in [0.05, 0.1) is 24.8 Å². The molecule has 1 atom stereocenters. The number of guanidine groups is 1. The third kappa shape index (κ3) is 2.97. The molecule has 0 saturated heterocycles. The molecule has 3 rings (SSSR count). The molecule has 0 spiro atoms. The highest BCUT2D eigenvalue weighted by molar-refractivity contribution is 5.78. The summed E-state index contributed by atoms with van der Waals surface area (Å²) in [6, 6.07) is 8.23. The first-order valence-electron chi connectivity index (χ1n) is 7.56. The van der Waals surface area contributed by atoms with Gasteiger partial charge in [-0.3, -0.25) is 4.99 Å². The first kappa shape index (κ1) is 14.2. The summed E-state index contributed by atoms with van der Waals surface area (Å²) in [5, 5.41) is 3.31. The summed E-state index contributed by atoms with van der Waals surface area (Å²) in [6.07, 6.45) is 4.24. The lowest BCUT2D eigenvalue weighted by Gasteiger charge is -2.39. The molecule has 1 aromatic rings. The molecule has 1 saturated carbocycles. The largest absolute Gasteiger partial charge is 0.493 e. The quantitative estimate of drug-likeness (QED) is 0.657. The van der Waals surface area contributed by atoms with Crippen LogP contribution in [0.3, 0.4) is 0 Å². The average Bonchev–Trinajstić information content (AvgIpc) is 2.47. The average molecular weight is 289 g/mol. The second-order valence-electron chi connectivity index (χ2n) is 5.81. The normalized spacial score (nSPS) is 23.7. The second kappa shape index (κ2) is 5.93. The van der Waals surface area contributed by atoms with Crippen molar-refractivity contribution in [2.75, 3.05) is 20.3 Å². The zero-order valence-corrected chi connectivity index (χ0v) is 12.5. The molecular weight excluding hydrogens is 266 g/mol. The van der Waals surface area contributed by atoms with E-state index in [4.69, 9.17) is 15.2 Å². The number of rotatable bonds is 4. The standard InChI is InChI=1S/C16H23N3O2/c1-20-16(8-4-9-16)11-18-15(17)19-13-7-10-21-14-6-3-2-5-12(13)14/h2-3,5-6,13H,4,7-11H2,1H3,(H3,17,18,19). The lowest BCUT2D eigenvalue weighted by Crippen LogP contribution is -2.44. The monoisotopic (exact) mass is 289 g/mol. The third-order valence-electron chi connectivity index (χ3n) is 4.52. The number of hydrogen-bond acceptors (Lipinski definition) is 3. The van der Waals surface area contributed by atoms with Crippen molar-refractivity contribution in [3.8, 4) is 5.75 Å². The number of hydrogen-bond donors (Lipinski definition) is 2. The Morgan fingerprint density at radius 3 is 3.00 bits per heavy atom. The van der Waals surface area contributed by atoms with E-state index < -0.39 is 0 Å². The summed E-state index contributed by atoms with van der Waals surface area (Å²) in [7, 11) is 1.76. The summed E-state index contributed by atoms with van der Waals surface area (Å²) < 4.78 is 11.2. The van der Waals surface area contributed by atoms with Crippen LogP contribution in [0.15, 0.2) is 29.3 Å². The van der Waals surface area contributed by atoms with Crippen LogP contribution in [0, 0.1) is 0 Å². The molecule has 3 N–H and O–H groups in total. The van der Waals surface area contributed by atoms with Crippen molar-refractivity contribution in [2.45, 2.75) is 37.3 Å². The molecule has 0 amide bonds. The van der Waals surface area contributed by atoms with Crippen LogP contribution >= 0.6 is 0 Å². The van der Waals surface area contributed by atoms with E-state index in [1.165, 1.54) is 6.42 Å². The van der Waals surface area contributed by atoms with E-state index in [1.807, 2.05) is 18.2 Å². The van der Waals surface area contributed by atoms with Crippen LogP contribution in [0.2, 0.25) is 0 Å². The summed E-state index contributed by atoms with van der Waals surface area (Å²) in [6.45, 7) is 1.33. The van der Waals surface area contributed by atoms with E-state index in [9.17, 15) is 0 Å². The fraction of sp³-hybridized carbons (Fsp3) is 0.562. The van der Waals surface area contributed by atoms with Gasteiger partial charge < -0.3 is 20.5 Å². The van der Waals surface area contributed by atoms with Crippen LogP contribution in [-0.2, 0) is 4.74 Å². The number of nitrogens with zero attached hydrogens (tertiary/aromatic N) is 1. The molecule has 5 heteroatoms. The van der Waals surface area contributed by atoms with Gasteiger partial charge in [-0.15, -0.1) is 0 Å². The number of aliphatic imine (C=N–C) groups is 1. The van der Waals surface area contributed by atoms with Gasteiger partial charge in [0, 0.05) is 19.1 Å². The zero-order chi connectivity index (χ0) is 14.7. The molecule has 0 aromatic heterocycles. The summed E-state index contributed by atoms with van der Waals surface area (Å²) in [5.41, 5.74) is 7.11. The van der Waals surface area contributed by atoms with E-state index in [2.05, 4.69) is 16.4 Å². The Balaban J connectivity index is 1.64. The number of methoxy groups -OCH3 is 1. The van der Waals surface area contributed by atoms with Crippen LogP contribution in [-0.4, -0.2) is 31.8 Å². The summed E-state index contributed by atoms with van der Waals surface area (Å²) in [5.74, 6) is 1.42. The Morgan fingerprint density at radius 1 is 1.48 bits per heavy atom. The molecule has 0 bridgehead atoms.